The smallest absolute Gasteiger partial charge is 0.178 e. The molecule has 3 heteroatoms. The average Bonchev–Trinajstić information content (AvgIpc) is 2.75. The van der Waals surface area contributed by atoms with E-state index < -0.39 is 0 Å². The van der Waals surface area contributed by atoms with E-state index in [1.54, 1.807) is 6.08 Å². The highest BCUT2D eigenvalue weighted by Crippen LogP contribution is 2.50. The fraction of sp³-hybridized carbons (Fsp3) is 0.167. The van der Waals surface area contributed by atoms with Crippen LogP contribution >= 0.6 is 11.6 Å². The second kappa shape index (κ2) is 4.83. The van der Waals surface area contributed by atoms with Gasteiger partial charge in [0.1, 0.15) is 0 Å². The molecule has 0 radical (unpaired) electrons. The molecule has 2 heterocycles. The molecule has 2 aliphatic heterocycles. The molecule has 2 aliphatic rings. The maximum atomic E-state index is 12.4. The molecule has 0 aliphatic carbocycles. The Kier molecular flexibility index (Phi) is 2.95. The third-order valence-electron chi connectivity index (χ3n) is 4.27. The number of ketones is 1. The minimum absolute atomic E-state index is 0.00535. The zero-order valence-corrected chi connectivity index (χ0v) is 12.1. The van der Waals surface area contributed by atoms with Gasteiger partial charge in [0.05, 0.1) is 12.1 Å². The first-order valence-electron chi connectivity index (χ1n) is 7.05. The van der Waals surface area contributed by atoms with E-state index in [1.165, 1.54) is 5.56 Å². The average molecular weight is 296 g/mol. The number of nitrogens with zero attached hydrogens (tertiary/aromatic N) is 1. The van der Waals surface area contributed by atoms with E-state index in [4.69, 9.17) is 11.6 Å². The Labute approximate surface area is 128 Å². The molecule has 2 atom stereocenters. The van der Waals surface area contributed by atoms with Crippen molar-refractivity contribution in [3.05, 3.63) is 82.4 Å². The standard InChI is InChI=1S/C18H14ClNO/c19-15-10-16(21)18-14-9-5-4-8-13(14)17(15)20(18)11-12-6-2-1-3-7-12/h1-10,17-18H,11H2/t17-,18+/m1/s1. The van der Waals surface area contributed by atoms with E-state index in [1.807, 2.05) is 36.4 Å². The first-order valence-corrected chi connectivity index (χ1v) is 7.43. The van der Waals surface area contributed by atoms with E-state index >= 15 is 0 Å². The molecule has 0 spiro atoms. The molecular weight excluding hydrogens is 282 g/mol. The molecule has 0 saturated heterocycles. The lowest BCUT2D eigenvalue weighted by molar-refractivity contribution is -0.121. The number of hydrogen-bond acceptors (Lipinski definition) is 2. The molecule has 104 valence electrons. The first-order chi connectivity index (χ1) is 10.3. The SMILES string of the molecule is O=C1C=C(Cl)[C@H]2c3ccccc3[C@@H]1N2Cc1ccccc1. The number of fused-ring (bicyclic) bond motifs is 5. The summed E-state index contributed by atoms with van der Waals surface area (Å²) in [5, 5.41) is 0.622. The van der Waals surface area contributed by atoms with Crippen LogP contribution in [-0.4, -0.2) is 10.7 Å². The highest BCUT2D eigenvalue weighted by atomic mass is 35.5. The number of carbonyl (C=O) groups is 1. The summed E-state index contributed by atoms with van der Waals surface area (Å²) in [5.74, 6) is 0.0807. The summed E-state index contributed by atoms with van der Waals surface area (Å²) in [5.41, 5.74) is 3.44. The quantitative estimate of drug-likeness (QED) is 0.835. The number of benzene rings is 2. The van der Waals surface area contributed by atoms with Crippen LogP contribution in [0.1, 0.15) is 28.8 Å². The van der Waals surface area contributed by atoms with Crippen molar-refractivity contribution in [1.29, 1.82) is 0 Å². The van der Waals surface area contributed by atoms with Crippen molar-refractivity contribution in [1.82, 2.24) is 4.90 Å². The molecule has 4 rings (SSSR count). The van der Waals surface area contributed by atoms with Gasteiger partial charge in [-0.3, -0.25) is 9.69 Å². The lowest BCUT2D eigenvalue weighted by atomic mass is 10.0. The fourth-order valence-electron chi connectivity index (χ4n) is 3.41. The van der Waals surface area contributed by atoms with Crippen LogP contribution in [0.4, 0.5) is 0 Å². The normalized spacial score (nSPS) is 23.9. The van der Waals surface area contributed by atoms with E-state index in [0.29, 0.717) is 5.03 Å². The predicted octanol–water partition coefficient (Wildman–Crippen LogP) is 3.99. The zero-order chi connectivity index (χ0) is 14.4. The highest BCUT2D eigenvalue weighted by Gasteiger charge is 2.45. The molecule has 0 unspecified atom stereocenters. The number of halogens is 1. The minimum atomic E-state index is -0.200. The van der Waals surface area contributed by atoms with Crippen LogP contribution in [0.2, 0.25) is 0 Å². The van der Waals surface area contributed by atoms with E-state index in [0.717, 1.165) is 17.7 Å². The predicted molar refractivity (Wildman–Crippen MR) is 82.9 cm³/mol. The Bertz CT molecular complexity index is 738. The maximum absolute atomic E-state index is 12.4. The van der Waals surface area contributed by atoms with Crippen LogP contribution in [0.3, 0.4) is 0 Å². The third kappa shape index (κ3) is 1.95. The van der Waals surface area contributed by atoms with Crippen LogP contribution in [-0.2, 0) is 11.3 Å². The van der Waals surface area contributed by atoms with Gasteiger partial charge in [0.15, 0.2) is 5.78 Å². The molecule has 2 aromatic rings. The molecular formula is C18H14ClNO. The Morgan fingerprint density at radius 2 is 1.52 bits per heavy atom. The van der Waals surface area contributed by atoms with E-state index in [9.17, 15) is 4.79 Å². The Morgan fingerprint density at radius 3 is 2.24 bits per heavy atom. The minimum Gasteiger partial charge on any atom is -0.293 e. The monoisotopic (exact) mass is 295 g/mol. The number of carbonyl (C=O) groups excluding carboxylic acids is 1. The van der Waals surface area contributed by atoms with Gasteiger partial charge in [-0.1, -0.05) is 66.2 Å². The van der Waals surface area contributed by atoms with Gasteiger partial charge in [-0.2, -0.15) is 0 Å². The Morgan fingerprint density at radius 1 is 0.905 bits per heavy atom. The zero-order valence-electron chi connectivity index (χ0n) is 11.4. The van der Waals surface area contributed by atoms with Crippen molar-refractivity contribution in [2.75, 3.05) is 0 Å². The summed E-state index contributed by atoms with van der Waals surface area (Å²) in [4.78, 5) is 14.6. The summed E-state index contributed by atoms with van der Waals surface area (Å²) in [6, 6.07) is 18.1. The van der Waals surface area contributed by atoms with Gasteiger partial charge in [-0.25, -0.2) is 0 Å². The lowest BCUT2D eigenvalue weighted by Gasteiger charge is -2.32. The summed E-state index contributed by atoms with van der Waals surface area (Å²) >= 11 is 6.39. The molecule has 0 fully saturated rings. The molecule has 0 N–H and O–H groups in total. The third-order valence-corrected chi connectivity index (χ3v) is 4.58. The summed E-state index contributed by atoms with van der Waals surface area (Å²) in [6.07, 6.45) is 1.60. The number of hydrogen-bond donors (Lipinski definition) is 0. The highest BCUT2D eigenvalue weighted by molar-refractivity contribution is 6.32. The molecule has 0 saturated carbocycles. The van der Waals surface area contributed by atoms with Gasteiger partial charge < -0.3 is 0 Å². The van der Waals surface area contributed by atoms with E-state index in [2.05, 4.69) is 23.1 Å². The topological polar surface area (TPSA) is 20.3 Å². The first kappa shape index (κ1) is 12.8. The largest absolute Gasteiger partial charge is 0.293 e. The van der Waals surface area contributed by atoms with Crippen molar-refractivity contribution in [2.45, 2.75) is 18.6 Å². The van der Waals surface area contributed by atoms with Crippen molar-refractivity contribution < 1.29 is 4.79 Å². The molecule has 2 aromatic carbocycles. The second-order valence-electron chi connectivity index (χ2n) is 5.52. The van der Waals surface area contributed by atoms with Gasteiger partial charge >= 0.3 is 0 Å². The van der Waals surface area contributed by atoms with Crippen LogP contribution in [0.25, 0.3) is 0 Å². The van der Waals surface area contributed by atoms with Gasteiger partial charge in [0, 0.05) is 11.6 Å². The van der Waals surface area contributed by atoms with Crippen molar-refractivity contribution in [3.8, 4) is 0 Å². The molecule has 21 heavy (non-hydrogen) atoms. The fourth-order valence-corrected chi connectivity index (χ4v) is 3.76. The number of rotatable bonds is 2. The summed E-state index contributed by atoms with van der Waals surface area (Å²) in [6.45, 7) is 0.723. The molecule has 2 bridgehead atoms. The summed E-state index contributed by atoms with van der Waals surface area (Å²) < 4.78 is 0. The van der Waals surface area contributed by atoms with Crippen LogP contribution in [0.5, 0.6) is 0 Å². The Hall–Kier alpha value is -1.90. The van der Waals surface area contributed by atoms with E-state index in [-0.39, 0.29) is 17.9 Å². The van der Waals surface area contributed by atoms with Crippen LogP contribution in [0.15, 0.2) is 65.7 Å². The van der Waals surface area contributed by atoms with Crippen LogP contribution in [0, 0.1) is 0 Å². The van der Waals surface area contributed by atoms with Crippen molar-refractivity contribution in [3.63, 3.8) is 0 Å². The van der Waals surface area contributed by atoms with Gasteiger partial charge in [-0.05, 0) is 22.8 Å². The van der Waals surface area contributed by atoms with Gasteiger partial charge in [0.2, 0.25) is 0 Å². The molecule has 2 nitrogen and oxygen atoms in total. The van der Waals surface area contributed by atoms with Crippen molar-refractivity contribution in [2.24, 2.45) is 0 Å². The molecule has 0 amide bonds. The Balaban J connectivity index is 1.80. The maximum Gasteiger partial charge on any atom is 0.178 e. The van der Waals surface area contributed by atoms with Gasteiger partial charge in [-0.15, -0.1) is 0 Å². The summed E-state index contributed by atoms with van der Waals surface area (Å²) in [7, 11) is 0. The van der Waals surface area contributed by atoms with Crippen molar-refractivity contribution >= 4 is 17.4 Å². The van der Waals surface area contributed by atoms with Crippen LogP contribution < -0.4 is 0 Å². The molecule has 0 aromatic heterocycles. The lowest BCUT2D eigenvalue weighted by Crippen LogP contribution is -2.33. The van der Waals surface area contributed by atoms with Gasteiger partial charge in [0.25, 0.3) is 0 Å². The second-order valence-corrected chi connectivity index (χ2v) is 5.96.